The van der Waals surface area contributed by atoms with Crippen LogP contribution in [0.2, 0.25) is 0 Å². The largest absolute Gasteiger partial charge is 0.467 e. The van der Waals surface area contributed by atoms with Gasteiger partial charge in [-0.2, -0.15) is 0 Å². The molecule has 0 saturated heterocycles. The monoisotopic (exact) mass is 423 g/mol. The number of carbonyl (C=O) groups is 3. The van der Waals surface area contributed by atoms with Gasteiger partial charge in [-0.1, -0.05) is 60.7 Å². The van der Waals surface area contributed by atoms with Crippen LogP contribution in [0.15, 0.2) is 72.3 Å². The third kappa shape index (κ3) is 5.12. The maximum absolute atomic E-state index is 12.8. The lowest BCUT2D eigenvalue weighted by molar-refractivity contribution is -0.146. The van der Waals surface area contributed by atoms with Gasteiger partial charge in [-0.25, -0.2) is 14.4 Å². The van der Waals surface area contributed by atoms with Gasteiger partial charge < -0.3 is 19.5 Å². The van der Waals surface area contributed by atoms with E-state index in [1.165, 1.54) is 13.2 Å². The molecule has 1 aliphatic rings. The van der Waals surface area contributed by atoms with Crippen LogP contribution in [0.4, 0.5) is 4.79 Å². The predicted molar refractivity (Wildman–Crippen MR) is 113 cm³/mol. The number of ether oxygens (including phenoxy) is 3. The summed E-state index contributed by atoms with van der Waals surface area (Å²) in [6, 6.07) is 18.4. The first-order valence-electron chi connectivity index (χ1n) is 10.0. The molecule has 2 aromatic carbocycles. The molecular formula is C24H25NO6. The molecule has 7 nitrogen and oxygen atoms in total. The molecule has 2 aromatic rings. The van der Waals surface area contributed by atoms with Gasteiger partial charge in [-0.15, -0.1) is 0 Å². The molecule has 162 valence electrons. The number of nitrogens with one attached hydrogen (secondary N) is 1. The van der Waals surface area contributed by atoms with Crippen LogP contribution in [0.1, 0.15) is 30.4 Å². The number of esters is 2. The van der Waals surface area contributed by atoms with Gasteiger partial charge in [-0.3, -0.25) is 0 Å². The maximum Gasteiger partial charge on any atom is 0.408 e. The second-order valence-electron chi connectivity index (χ2n) is 7.14. The Bertz CT molecular complexity index is 957. The van der Waals surface area contributed by atoms with E-state index in [1.807, 2.05) is 60.7 Å². The fourth-order valence-electron chi connectivity index (χ4n) is 3.66. The summed E-state index contributed by atoms with van der Waals surface area (Å²) in [6.07, 6.45) is 0.749. The number of hydrogen-bond acceptors (Lipinski definition) is 6. The molecule has 0 aliphatic heterocycles. The van der Waals surface area contributed by atoms with Crippen LogP contribution in [0.5, 0.6) is 0 Å². The molecule has 0 bridgehead atoms. The molecule has 0 spiro atoms. The highest BCUT2D eigenvalue weighted by molar-refractivity contribution is 5.97. The Morgan fingerprint density at radius 2 is 1.65 bits per heavy atom. The van der Waals surface area contributed by atoms with E-state index < -0.39 is 29.5 Å². The van der Waals surface area contributed by atoms with Crippen LogP contribution in [0, 0.1) is 0 Å². The highest BCUT2D eigenvalue weighted by atomic mass is 16.6. The summed E-state index contributed by atoms with van der Waals surface area (Å²) >= 11 is 0. The Labute approximate surface area is 181 Å². The summed E-state index contributed by atoms with van der Waals surface area (Å²) < 4.78 is 15.4. The number of amides is 1. The molecule has 0 unspecified atom stereocenters. The van der Waals surface area contributed by atoms with Crippen LogP contribution in [0.25, 0.3) is 0 Å². The molecular weight excluding hydrogens is 398 g/mol. The third-order valence-electron chi connectivity index (χ3n) is 5.10. The van der Waals surface area contributed by atoms with Crippen molar-refractivity contribution in [3.05, 3.63) is 83.4 Å². The summed E-state index contributed by atoms with van der Waals surface area (Å²) in [5.41, 5.74) is 0.375. The van der Waals surface area contributed by atoms with Gasteiger partial charge in [0.2, 0.25) is 0 Å². The average Bonchev–Trinajstić information content (AvgIpc) is 3.19. The van der Waals surface area contributed by atoms with Gasteiger partial charge in [0, 0.05) is 11.5 Å². The van der Waals surface area contributed by atoms with Gasteiger partial charge >= 0.3 is 18.0 Å². The lowest BCUT2D eigenvalue weighted by atomic mass is 9.88. The Morgan fingerprint density at radius 3 is 2.26 bits per heavy atom. The van der Waals surface area contributed by atoms with Crippen LogP contribution in [-0.2, 0) is 30.4 Å². The fourth-order valence-corrected chi connectivity index (χ4v) is 3.66. The van der Waals surface area contributed by atoms with Gasteiger partial charge in [0.25, 0.3) is 0 Å². The van der Waals surface area contributed by atoms with Gasteiger partial charge in [0.15, 0.2) is 5.54 Å². The van der Waals surface area contributed by atoms with Crippen LogP contribution in [-0.4, -0.2) is 37.3 Å². The number of alkyl carbamates (subject to hydrolysis) is 1. The highest BCUT2D eigenvalue weighted by Gasteiger charge is 2.49. The van der Waals surface area contributed by atoms with Crippen LogP contribution >= 0.6 is 0 Å². The molecule has 0 fully saturated rings. The number of methoxy groups -OCH3 is 1. The van der Waals surface area contributed by atoms with E-state index in [2.05, 4.69) is 5.32 Å². The molecule has 0 heterocycles. The molecule has 31 heavy (non-hydrogen) atoms. The maximum atomic E-state index is 12.8. The van der Waals surface area contributed by atoms with Crippen molar-refractivity contribution in [2.45, 2.75) is 31.4 Å². The Hall–Kier alpha value is -3.61. The number of carbonyl (C=O) groups excluding carboxylic acids is 3. The summed E-state index contributed by atoms with van der Waals surface area (Å²) in [4.78, 5) is 38.0. The van der Waals surface area contributed by atoms with Crippen molar-refractivity contribution in [1.29, 1.82) is 0 Å². The minimum Gasteiger partial charge on any atom is -0.467 e. The predicted octanol–water partition coefficient (Wildman–Crippen LogP) is 3.50. The minimum atomic E-state index is -1.55. The van der Waals surface area contributed by atoms with E-state index in [0.717, 1.165) is 11.1 Å². The van der Waals surface area contributed by atoms with Gasteiger partial charge in [0.1, 0.15) is 6.61 Å². The van der Waals surface area contributed by atoms with E-state index >= 15 is 0 Å². The van der Waals surface area contributed by atoms with E-state index in [0.29, 0.717) is 5.57 Å². The summed E-state index contributed by atoms with van der Waals surface area (Å²) in [5.74, 6) is -1.68. The zero-order chi connectivity index (χ0) is 22.3. The zero-order valence-electron chi connectivity index (χ0n) is 17.5. The van der Waals surface area contributed by atoms with Crippen molar-refractivity contribution in [3.8, 4) is 0 Å². The van der Waals surface area contributed by atoms with Crippen molar-refractivity contribution in [1.82, 2.24) is 5.32 Å². The van der Waals surface area contributed by atoms with E-state index in [-0.39, 0.29) is 19.6 Å². The lowest BCUT2D eigenvalue weighted by Crippen LogP contribution is -2.53. The average molecular weight is 423 g/mol. The van der Waals surface area contributed by atoms with Crippen molar-refractivity contribution in [2.24, 2.45) is 0 Å². The van der Waals surface area contributed by atoms with Crippen LogP contribution < -0.4 is 5.32 Å². The smallest absolute Gasteiger partial charge is 0.408 e. The lowest BCUT2D eigenvalue weighted by Gasteiger charge is -2.26. The summed E-state index contributed by atoms with van der Waals surface area (Å²) in [5, 5.41) is 2.62. The normalized spacial score (nSPS) is 19.8. The Kier molecular flexibility index (Phi) is 7.07. The molecule has 1 amide bonds. The molecule has 3 rings (SSSR count). The van der Waals surface area contributed by atoms with E-state index in [9.17, 15) is 14.4 Å². The molecule has 0 aromatic heterocycles. The number of hydrogen-bond donors (Lipinski definition) is 1. The zero-order valence-corrected chi connectivity index (χ0v) is 17.5. The van der Waals surface area contributed by atoms with Crippen molar-refractivity contribution >= 4 is 18.0 Å². The third-order valence-corrected chi connectivity index (χ3v) is 5.10. The van der Waals surface area contributed by atoms with Crippen molar-refractivity contribution in [2.75, 3.05) is 13.7 Å². The minimum absolute atomic E-state index is 0.0422. The molecule has 0 saturated carbocycles. The highest BCUT2D eigenvalue weighted by Crippen LogP contribution is 2.42. The first kappa shape index (κ1) is 22.1. The van der Waals surface area contributed by atoms with Crippen LogP contribution in [0.3, 0.4) is 0 Å². The Balaban J connectivity index is 1.87. The molecule has 7 heteroatoms. The summed E-state index contributed by atoms with van der Waals surface area (Å²) in [6.45, 7) is 1.94. The SMILES string of the molecule is CCOC(=O)C1=C[C@](NC(=O)OCc2ccccc2)(C(=O)OC)C[C@H]1c1ccccc1. The summed E-state index contributed by atoms with van der Waals surface area (Å²) in [7, 11) is 1.23. The molecule has 1 aliphatic carbocycles. The van der Waals surface area contributed by atoms with E-state index in [1.54, 1.807) is 6.92 Å². The Morgan fingerprint density at radius 1 is 1.00 bits per heavy atom. The second kappa shape index (κ2) is 9.93. The van der Waals surface area contributed by atoms with Crippen molar-refractivity contribution < 1.29 is 28.6 Å². The number of rotatable bonds is 7. The first-order valence-corrected chi connectivity index (χ1v) is 10.0. The molecule has 0 radical (unpaired) electrons. The quantitative estimate of drug-likeness (QED) is 0.541. The topological polar surface area (TPSA) is 90.9 Å². The molecule has 1 N–H and O–H groups in total. The number of benzene rings is 2. The van der Waals surface area contributed by atoms with Crippen molar-refractivity contribution in [3.63, 3.8) is 0 Å². The fraction of sp³-hybridized carbons (Fsp3) is 0.292. The van der Waals surface area contributed by atoms with Gasteiger partial charge in [0.05, 0.1) is 13.7 Å². The molecule has 2 atom stereocenters. The second-order valence-corrected chi connectivity index (χ2v) is 7.14. The first-order chi connectivity index (χ1) is 15.0. The van der Waals surface area contributed by atoms with E-state index in [4.69, 9.17) is 14.2 Å². The van der Waals surface area contributed by atoms with Gasteiger partial charge in [-0.05, 0) is 30.5 Å². The standard InChI is InChI=1S/C24H25NO6/c1-3-30-21(26)20-15-24(22(27)29-2,14-19(20)18-12-8-5-9-13-18)25-23(28)31-16-17-10-6-4-7-11-17/h4-13,15,19H,3,14,16H2,1-2H3,(H,25,28)/t19-,24-/m0/s1.